The summed E-state index contributed by atoms with van der Waals surface area (Å²) in [7, 11) is 0. The van der Waals surface area contributed by atoms with Crippen molar-refractivity contribution in [3.05, 3.63) is 36.5 Å². The summed E-state index contributed by atoms with van der Waals surface area (Å²) < 4.78 is 5.14. The van der Waals surface area contributed by atoms with Crippen LogP contribution in [0.3, 0.4) is 0 Å². The maximum Gasteiger partial charge on any atom is 0.338 e. The van der Waals surface area contributed by atoms with Gasteiger partial charge in [0.15, 0.2) is 5.54 Å². The molecule has 0 aromatic carbocycles. The van der Waals surface area contributed by atoms with Crippen molar-refractivity contribution in [2.45, 2.75) is 18.4 Å². The van der Waals surface area contributed by atoms with Crippen LogP contribution in [-0.4, -0.2) is 46.9 Å². The van der Waals surface area contributed by atoms with Gasteiger partial charge in [0.1, 0.15) is 5.82 Å². The summed E-state index contributed by atoms with van der Waals surface area (Å²) in [6, 6.07) is 5.53. The molecule has 0 spiro atoms. The Labute approximate surface area is 127 Å². The third-order valence-electron chi connectivity index (χ3n) is 3.06. The van der Waals surface area contributed by atoms with Gasteiger partial charge in [-0.15, -0.1) is 0 Å². The van der Waals surface area contributed by atoms with Crippen molar-refractivity contribution in [2.75, 3.05) is 18.5 Å². The van der Waals surface area contributed by atoms with Gasteiger partial charge in [0.25, 0.3) is 0 Å². The zero-order valence-electron chi connectivity index (χ0n) is 11.9. The molecule has 0 amide bonds. The van der Waals surface area contributed by atoms with E-state index >= 15 is 0 Å². The number of hydrogen-bond acceptors (Lipinski definition) is 6. The monoisotopic (exact) mass is 303 g/mol. The highest BCUT2D eigenvalue weighted by Gasteiger charge is 2.40. The number of ether oxygens (including phenoxy) is 1. The molecule has 1 atom stereocenters. The molecule has 2 rings (SSSR count). The number of pyridine rings is 1. The lowest BCUT2D eigenvalue weighted by Gasteiger charge is -2.20. The Morgan fingerprint density at radius 1 is 1.36 bits per heavy atom. The zero-order valence-corrected chi connectivity index (χ0v) is 11.9. The summed E-state index contributed by atoms with van der Waals surface area (Å²) in [5.74, 6) is -0.991. The van der Waals surface area contributed by atoms with Crippen LogP contribution in [0.2, 0.25) is 0 Å². The van der Waals surface area contributed by atoms with Gasteiger partial charge in [-0.25, -0.2) is 9.78 Å². The van der Waals surface area contributed by atoms with Crippen LogP contribution in [0, 0.1) is 0 Å². The Morgan fingerprint density at radius 2 is 2.23 bits per heavy atom. The minimum absolute atomic E-state index is 0.184. The molecule has 1 unspecified atom stereocenters. The SMILES string of the molecule is O=C(O)CC1(C(=O)OCCCNc2ccccn2)C=CC=N1. The van der Waals surface area contributed by atoms with Crippen molar-refractivity contribution < 1.29 is 19.4 Å². The number of nitrogens with zero attached hydrogens (tertiary/aromatic N) is 2. The van der Waals surface area contributed by atoms with Gasteiger partial charge in [-0.3, -0.25) is 9.79 Å². The smallest absolute Gasteiger partial charge is 0.338 e. The van der Waals surface area contributed by atoms with Gasteiger partial charge in [0, 0.05) is 19.0 Å². The van der Waals surface area contributed by atoms with Crippen LogP contribution < -0.4 is 5.32 Å². The highest BCUT2D eigenvalue weighted by Crippen LogP contribution is 2.23. The minimum Gasteiger partial charge on any atom is -0.481 e. The van der Waals surface area contributed by atoms with E-state index in [0.29, 0.717) is 13.0 Å². The molecular formula is C15H17N3O4. The number of carbonyl (C=O) groups is 2. The predicted molar refractivity (Wildman–Crippen MR) is 80.9 cm³/mol. The molecule has 7 nitrogen and oxygen atoms in total. The quantitative estimate of drug-likeness (QED) is 0.554. The van der Waals surface area contributed by atoms with E-state index in [2.05, 4.69) is 15.3 Å². The van der Waals surface area contributed by atoms with E-state index < -0.39 is 23.9 Å². The lowest BCUT2D eigenvalue weighted by molar-refractivity contribution is -0.152. The second kappa shape index (κ2) is 7.35. The Morgan fingerprint density at radius 3 is 2.86 bits per heavy atom. The van der Waals surface area contributed by atoms with Crippen LogP contribution in [0.1, 0.15) is 12.8 Å². The summed E-state index contributed by atoms with van der Waals surface area (Å²) in [5.41, 5.74) is -1.42. The number of carboxylic acid groups (broad SMARTS) is 1. The molecule has 0 saturated carbocycles. The highest BCUT2D eigenvalue weighted by molar-refractivity contribution is 5.94. The molecule has 1 aromatic rings. The fourth-order valence-corrected chi connectivity index (χ4v) is 2.00. The second-order valence-electron chi connectivity index (χ2n) is 4.76. The Kier molecular flexibility index (Phi) is 5.24. The summed E-state index contributed by atoms with van der Waals surface area (Å²) in [6.07, 6.45) is 6.27. The standard InChI is InChI=1S/C15H17N3O4/c19-13(20)11-15(6-3-9-18-15)14(21)22-10-4-8-17-12-5-1-2-7-16-12/h1-3,5-7,9H,4,8,10-11H2,(H,16,17)(H,19,20). The number of rotatable bonds is 8. The number of nitrogens with one attached hydrogen (secondary N) is 1. The second-order valence-corrected chi connectivity index (χ2v) is 4.76. The first-order valence-corrected chi connectivity index (χ1v) is 6.89. The van der Waals surface area contributed by atoms with E-state index in [0.717, 1.165) is 5.82 Å². The van der Waals surface area contributed by atoms with Crippen LogP contribution >= 0.6 is 0 Å². The molecule has 2 N–H and O–H groups in total. The molecule has 1 aliphatic rings. The van der Waals surface area contributed by atoms with Crippen LogP contribution in [0.4, 0.5) is 5.82 Å². The zero-order chi connectivity index (χ0) is 15.8. The van der Waals surface area contributed by atoms with E-state index in [9.17, 15) is 9.59 Å². The average molecular weight is 303 g/mol. The van der Waals surface area contributed by atoms with E-state index in [-0.39, 0.29) is 6.61 Å². The van der Waals surface area contributed by atoms with Crippen LogP contribution in [0.15, 0.2) is 41.5 Å². The third-order valence-corrected chi connectivity index (χ3v) is 3.06. The van der Waals surface area contributed by atoms with Gasteiger partial charge in [-0.1, -0.05) is 6.07 Å². The molecule has 1 aromatic heterocycles. The minimum atomic E-state index is -1.42. The number of anilines is 1. The number of hydrogen-bond donors (Lipinski definition) is 2. The van der Waals surface area contributed by atoms with Crippen molar-refractivity contribution in [1.29, 1.82) is 0 Å². The van der Waals surface area contributed by atoms with Gasteiger partial charge in [-0.05, 0) is 30.7 Å². The van der Waals surface area contributed by atoms with Gasteiger partial charge < -0.3 is 15.2 Å². The van der Waals surface area contributed by atoms with Crippen molar-refractivity contribution in [3.63, 3.8) is 0 Å². The topological polar surface area (TPSA) is 101 Å². The van der Waals surface area contributed by atoms with Gasteiger partial charge in [0.2, 0.25) is 0 Å². The van der Waals surface area contributed by atoms with Crippen molar-refractivity contribution in [3.8, 4) is 0 Å². The van der Waals surface area contributed by atoms with Crippen molar-refractivity contribution in [1.82, 2.24) is 4.98 Å². The molecule has 0 bridgehead atoms. The van der Waals surface area contributed by atoms with E-state index in [1.807, 2.05) is 18.2 Å². The molecule has 0 aliphatic carbocycles. The highest BCUT2D eigenvalue weighted by atomic mass is 16.5. The van der Waals surface area contributed by atoms with E-state index in [1.165, 1.54) is 12.3 Å². The van der Waals surface area contributed by atoms with Crippen LogP contribution in [-0.2, 0) is 14.3 Å². The number of allylic oxidation sites excluding steroid dienone is 1. The first-order valence-electron chi connectivity index (χ1n) is 6.89. The Balaban J connectivity index is 1.74. The lowest BCUT2D eigenvalue weighted by atomic mass is 9.97. The molecule has 2 heterocycles. The third kappa shape index (κ3) is 4.15. The fourth-order valence-electron chi connectivity index (χ4n) is 2.00. The summed E-state index contributed by atoms with van der Waals surface area (Å²) in [5, 5.41) is 12.0. The lowest BCUT2D eigenvalue weighted by Crippen LogP contribution is -2.37. The predicted octanol–water partition coefficient (Wildman–Crippen LogP) is 1.28. The summed E-state index contributed by atoms with van der Waals surface area (Å²) in [6.45, 7) is 0.777. The Hall–Kier alpha value is -2.70. The number of esters is 1. The molecule has 1 aliphatic heterocycles. The van der Waals surface area contributed by atoms with E-state index in [4.69, 9.17) is 9.84 Å². The van der Waals surface area contributed by atoms with Crippen LogP contribution in [0.25, 0.3) is 0 Å². The molecular weight excluding hydrogens is 286 g/mol. The normalized spacial score (nSPS) is 19.1. The first kappa shape index (κ1) is 15.7. The maximum atomic E-state index is 12.1. The molecule has 7 heteroatoms. The number of aliphatic imine (C=N–C) groups is 1. The first-order chi connectivity index (χ1) is 10.6. The van der Waals surface area contributed by atoms with E-state index in [1.54, 1.807) is 12.3 Å². The Bertz CT molecular complexity index is 572. The van der Waals surface area contributed by atoms with Crippen molar-refractivity contribution >= 4 is 24.0 Å². The maximum absolute atomic E-state index is 12.1. The molecule has 0 saturated heterocycles. The number of aliphatic carboxylic acids is 1. The summed E-state index contributed by atoms with van der Waals surface area (Å²) in [4.78, 5) is 31.0. The largest absolute Gasteiger partial charge is 0.481 e. The van der Waals surface area contributed by atoms with Gasteiger partial charge >= 0.3 is 11.9 Å². The van der Waals surface area contributed by atoms with Crippen LogP contribution in [0.5, 0.6) is 0 Å². The number of carbonyl (C=O) groups excluding carboxylic acids is 1. The van der Waals surface area contributed by atoms with Crippen molar-refractivity contribution in [2.24, 2.45) is 4.99 Å². The molecule has 116 valence electrons. The van der Waals surface area contributed by atoms with Gasteiger partial charge in [-0.2, -0.15) is 0 Å². The fraction of sp³-hybridized carbons (Fsp3) is 0.333. The average Bonchev–Trinajstić information content (AvgIpc) is 2.97. The molecule has 0 radical (unpaired) electrons. The molecule has 0 fully saturated rings. The van der Waals surface area contributed by atoms with Gasteiger partial charge in [0.05, 0.1) is 13.0 Å². The number of aromatic nitrogens is 1. The summed E-state index contributed by atoms with van der Waals surface area (Å²) >= 11 is 0. The molecule has 22 heavy (non-hydrogen) atoms. The number of carboxylic acids is 1.